The van der Waals surface area contributed by atoms with Crippen molar-refractivity contribution < 1.29 is 4.42 Å². The molecule has 2 aromatic rings. The number of halogens is 1. The Morgan fingerprint density at radius 2 is 1.75 bits per heavy atom. The van der Waals surface area contributed by atoms with E-state index in [-0.39, 0.29) is 18.0 Å². The first-order valence-corrected chi connectivity index (χ1v) is 3.35. The lowest BCUT2D eigenvalue weighted by Crippen LogP contribution is -1.93. The highest BCUT2D eigenvalue weighted by atomic mass is 35.5. The van der Waals surface area contributed by atoms with Gasteiger partial charge in [0.05, 0.1) is 0 Å². The summed E-state index contributed by atoms with van der Waals surface area (Å²) in [5.74, 6) is 0. The highest BCUT2D eigenvalue weighted by molar-refractivity contribution is 5.85. The van der Waals surface area contributed by atoms with Gasteiger partial charge in [0.2, 0.25) is 0 Å². The summed E-state index contributed by atoms with van der Waals surface area (Å²) in [4.78, 5) is 10.7. The second-order valence-electron chi connectivity index (χ2n) is 2.29. The molecule has 3 heteroatoms. The van der Waals surface area contributed by atoms with E-state index in [0.717, 1.165) is 5.39 Å². The van der Waals surface area contributed by atoms with Crippen LogP contribution >= 0.6 is 12.4 Å². The minimum atomic E-state index is -0.302. The quantitative estimate of drug-likeness (QED) is 0.585. The van der Waals surface area contributed by atoms with Crippen LogP contribution in [0.15, 0.2) is 45.6 Å². The van der Waals surface area contributed by atoms with Crippen LogP contribution in [0, 0.1) is 0 Å². The van der Waals surface area contributed by atoms with Gasteiger partial charge in [-0.15, -0.1) is 12.4 Å². The second-order valence-corrected chi connectivity index (χ2v) is 2.29. The van der Waals surface area contributed by atoms with Crippen LogP contribution in [0.3, 0.4) is 0 Å². The Labute approximate surface area is 75.2 Å². The molecule has 0 aliphatic carbocycles. The Balaban J connectivity index is 0.000000720. The fourth-order valence-electron chi connectivity index (χ4n) is 1.01. The average Bonchev–Trinajstić information content (AvgIpc) is 2.04. The van der Waals surface area contributed by atoms with Gasteiger partial charge in [-0.2, -0.15) is 0 Å². The van der Waals surface area contributed by atoms with Crippen molar-refractivity contribution in [1.82, 2.24) is 0 Å². The van der Waals surface area contributed by atoms with E-state index in [2.05, 4.69) is 0 Å². The molecule has 1 heterocycles. The molecule has 0 saturated carbocycles. The third-order valence-corrected chi connectivity index (χ3v) is 1.53. The third kappa shape index (κ3) is 1.48. The molecule has 0 aliphatic heterocycles. The molecule has 12 heavy (non-hydrogen) atoms. The van der Waals surface area contributed by atoms with Gasteiger partial charge in [0.15, 0.2) is 0 Å². The summed E-state index contributed by atoms with van der Waals surface area (Å²) in [6.07, 6.45) is 0. The Kier molecular flexibility index (Phi) is 2.51. The van der Waals surface area contributed by atoms with E-state index in [1.54, 1.807) is 12.1 Å². The fraction of sp³-hybridized carbons (Fsp3) is 0. The van der Waals surface area contributed by atoms with Gasteiger partial charge in [0, 0.05) is 11.5 Å². The Hall–Kier alpha value is -1.28. The van der Waals surface area contributed by atoms with E-state index in [1.807, 2.05) is 18.2 Å². The van der Waals surface area contributed by atoms with Crippen LogP contribution in [0.5, 0.6) is 0 Å². The first kappa shape index (κ1) is 8.81. The zero-order valence-electron chi connectivity index (χ0n) is 6.19. The summed E-state index contributed by atoms with van der Waals surface area (Å²) in [5.41, 5.74) is 0.337. The molecule has 2 rings (SSSR count). The van der Waals surface area contributed by atoms with Crippen LogP contribution in [0.25, 0.3) is 11.0 Å². The lowest BCUT2D eigenvalue weighted by atomic mass is 10.2. The minimum Gasteiger partial charge on any atom is -0.423 e. The molecule has 0 amide bonds. The molecular formula is C9H7ClO2. The lowest BCUT2D eigenvalue weighted by Gasteiger charge is -1.91. The van der Waals surface area contributed by atoms with Crippen molar-refractivity contribution in [3.8, 4) is 0 Å². The molecule has 0 radical (unpaired) electrons. The molecule has 2 nitrogen and oxygen atoms in total. The standard InChI is InChI=1S/C9H6O2.ClH/c10-9-6-5-7-3-1-2-4-8(7)11-9;/h1-6H;1H. The summed E-state index contributed by atoms with van der Waals surface area (Å²) >= 11 is 0. The molecule has 0 aliphatic rings. The van der Waals surface area contributed by atoms with Crippen molar-refractivity contribution in [1.29, 1.82) is 0 Å². The van der Waals surface area contributed by atoms with Gasteiger partial charge >= 0.3 is 5.63 Å². The zero-order valence-corrected chi connectivity index (χ0v) is 7.01. The van der Waals surface area contributed by atoms with Crippen molar-refractivity contribution in [3.05, 3.63) is 46.8 Å². The maximum atomic E-state index is 10.7. The highest BCUT2D eigenvalue weighted by Crippen LogP contribution is 2.08. The van der Waals surface area contributed by atoms with E-state index >= 15 is 0 Å². The van der Waals surface area contributed by atoms with E-state index < -0.39 is 0 Å². The molecular weight excluding hydrogens is 176 g/mol. The van der Waals surface area contributed by atoms with Gasteiger partial charge in [-0.1, -0.05) is 18.2 Å². The van der Waals surface area contributed by atoms with Gasteiger partial charge in [-0.25, -0.2) is 4.79 Å². The predicted molar refractivity (Wildman–Crippen MR) is 49.7 cm³/mol. The summed E-state index contributed by atoms with van der Waals surface area (Å²) < 4.78 is 4.91. The normalized spacial score (nSPS) is 9.33. The van der Waals surface area contributed by atoms with Crippen molar-refractivity contribution in [3.63, 3.8) is 0 Å². The smallest absolute Gasteiger partial charge is 0.336 e. The number of hydrogen-bond donors (Lipinski definition) is 0. The molecule has 0 fully saturated rings. The molecule has 62 valence electrons. The summed E-state index contributed by atoms with van der Waals surface area (Å²) in [7, 11) is 0. The highest BCUT2D eigenvalue weighted by Gasteiger charge is 1.92. The van der Waals surface area contributed by atoms with E-state index in [9.17, 15) is 4.79 Å². The fourth-order valence-corrected chi connectivity index (χ4v) is 1.01. The lowest BCUT2D eigenvalue weighted by molar-refractivity contribution is 0.561. The number of fused-ring (bicyclic) bond motifs is 1. The summed E-state index contributed by atoms with van der Waals surface area (Å²) in [6, 6.07) is 10.6. The van der Waals surface area contributed by atoms with Crippen molar-refractivity contribution in [2.45, 2.75) is 0 Å². The van der Waals surface area contributed by atoms with Crippen LogP contribution in [-0.2, 0) is 0 Å². The average molecular weight is 183 g/mol. The van der Waals surface area contributed by atoms with Crippen molar-refractivity contribution in [2.24, 2.45) is 0 Å². The SMILES string of the molecule is Cl.O=c1ccc2ccccc2o1. The van der Waals surface area contributed by atoms with Crippen LogP contribution < -0.4 is 5.63 Å². The third-order valence-electron chi connectivity index (χ3n) is 1.53. The summed E-state index contributed by atoms with van der Waals surface area (Å²) in [5, 5.41) is 0.951. The summed E-state index contributed by atoms with van der Waals surface area (Å²) in [6.45, 7) is 0. The van der Waals surface area contributed by atoms with Crippen LogP contribution in [0.2, 0.25) is 0 Å². The number of para-hydroxylation sites is 1. The molecule has 0 N–H and O–H groups in total. The van der Waals surface area contributed by atoms with Crippen molar-refractivity contribution in [2.75, 3.05) is 0 Å². The van der Waals surface area contributed by atoms with Gasteiger partial charge in [0.25, 0.3) is 0 Å². The number of hydrogen-bond acceptors (Lipinski definition) is 2. The molecule has 0 atom stereocenters. The van der Waals surface area contributed by atoms with Crippen LogP contribution in [0.1, 0.15) is 0 Å². The molecule has 0 bridgehead atoms. The number of benzene rings is 1. The first-order valence-electron chi connectivity index (χ1n) is 3.35. The topological polar surface area (TPSA) is 30.2 Å². The maximum absolute atomic E-state index is 10.7. The van der Waals surface area contributed by atoms with Gasteiger partial charge in [0.1, 0.15) is 5.58 Å². The predicted octanol–water partition coefficient (Wildman–Crippen LogP) is 2.21. The van der Waals surface area contributed by atoms with E-state index in [0.29, 0.717) is 5.58 Å². The minimum absolute atomic E-state index is 0. The van der Waals surface area contributed by atoms with Gasteiger partial charge in [-0.05, 0) is 12.1 Å². The molecule has 0 saturated heterocycles. The van der Waals surface area contributed by atoms with E-state index in [4.69, 9.17) is 4.42 Å². The first-order chi connectivity index (χ1) is 5.36. The Morgan fingerprint density at radius 1 is 1.00 bits per heavy atom. The van der Waals surface area contributed by atoms with Crippen LogP contribution in [0.4, 0.5) is 0 Å². The monoisotopic (exact) mass is 182 g/mol. The maximum Gasteiger partial charge on any atom is 0.336 e. The molecule has 1 aromatic heterocycles. The van der Waals surface area contributed by atoms with Gasteiger partial charge in [-0.3, -0.25) is 0 Å². The van der Waals surface area contributed by atoms with E-state index in [1.165, 1.54) is 6.07 Å². The molecule has 0 spiro atoms. The van der Waals surface area contributed by atoms with Gasteiger partial charge < -0.3 is 4.42 Å². The molecule has 0 unspecified atom stereocenters. The largest absolute Gasteiger partial charge is 0.423 e. The molecule has 1 aromatic carbocycles. The Bertz CT molecular complexity index is 433. The number of rotatable bonds is 0. The zero-order chi connectivity index (χ0) is 7.68. The van der Waals surface area contributed by atoms with Crippen molar-refractivity contribution >= 4 is 23.4 Å². The Morgan fingerprint density at radius 3 is 2.58 bits per heavy atom. The van der Waals surface area contributed by atoms with Crippen LogP contribution in [-0.4, -0.2) is 0 Å². The second kappa shape index (κ2) is 3.41.